The number of carbonyl (C=O) groups is 1. The van der Waals surface area contributed by atoms with Gasteiger partial charge in [0.15, 0.2) is 0 Å². The highest BCUT2D eigenvalue weighted by atomic mass is 19.1. The number of amides is 1. The summed E-state index contributed by atoms with van der Waals surface area (Å²) in [6.07, 6.45) is 0. The van der Waals surface area contributed by atoms with Crippen molar-refractivity contribution in [2.24, 2.45) is 0 Å². The lowest BCUT2D eigenvalue weighted by molar-refractivity contribution is -0.119. The van der Waals surface area contributed by atoms with Crippen LogP contribution in [0.3, 0.4) is 0 Å². The van der Waals surface area contributed by atoms with Gasteiger partial charge in [-0.2, -0.15) is 0 Å². The highest BCUT2D eigenvalue weighted by molar-refractivity contribution is 5.81. The summed E-state index contributed by atoms with van der Waals surface area (Å²) >= 11 is 0. The smallest absolute Gasteiger partial charge is 0.239 e. The number of nitrogens with zero attached hydrogens (tertiary/aromatic N) is 1. The van der Waals surface area contributed by atoms with E-state index in [-0.39, 0.29) is 18.3 Å². The number of fused-ring (bicyclic) bond motifs is 1. The zero-order valence-corrected chi connectivity index (χ0v) is 10.5. The van der Waals surface area contributed by atoms with Gasteiger partial charge in [-0.1, -0.05) is 0 Å². The van der Waals surface area contributed by atoms with Crippen LogP contribution in [0, 0.1) is 5.82 Å². The molecule has 0 spiro atoms. The second kappa shape index (κ2) is 6.14. The number of halogens is 1. The summed E-state index contributed by atoms with van der Waals surface area (Å²) in [6, 6.07) is 4.27. The Hall–Kier alpha value is -2.15. The molecule has 1 aromatic carbocycles. The van der Waals surface area contributed by atoms with Gasteiger partial charge < -0.3 is 20.4 Å². The molecule has 0 saturated heterocycles. The van der Waals surface area contributed by atoms with Crippen molar-refractivity contribution in [3.8, 4) is 0 Å². The molecule has 2 rings (SSSR count). The maximum absolute atomic E-state index is 13.0. The van der Waals surface area contributed by atoms with Crippen molar-refractivity contribution in [3.63, 3.8) is 0 Å². The lowest BCUT2D eigenvalue weighted by Gasteiger charge is -2.04. The van der Waals surface area contributed by atoms with E-state index in [0.29, 0.717) is 30.1 Å². The fourth-order valence-electron chi connectivity index (χ4n) is 1.58. The molecule has 2 aromatic rings. The van der Waals surface area contributed by atoms with E-state index in [0.717, 1.165) is 0 Å². The number of carbonyl (C=O) groups excluding carboxylic acids is 1. The van der Waals surface area contributed by atoms with Crippen molar-refractivity contribution in [2.45, 2.75) is 0 Å². The molecule has 0 saturated carbocycles. The van der Waals surface area contributed by atoms with E-state index >= 15 is 0 Å². The second-order valence-corrected chi connectivity index (χ2v) is 3.94. The van der Waals surface area contributed by atoms with Crippen LogP contribution in [0.1, 0.15) is 0 Å². The average Bonchev–Trinajstić information content (AvgIpc) is 2.78. The van der Waals surface area contributed by atoms with Crippen molar-refractivity contribution in [3.05, 3.63) is 24.0 Å². The third-order valence-electron chi connectivity index (χ3n) is 2.49. The standard InChI is InChI=1S/C12H15FN4O2/c1-19-5-4-14-11(18)7-15-12-16-9-3-2-8(13)6-10(9)17-12/h2-3,6H,4-5,7H2,1H3,(H,14,18)(H2,15,16,17). The molecule has 1 heterocycles. The number of H-pyrrole nitrogens is 1. The Labute approximate surface area is 109 Å². The summed E-state index contributed by atoms with van der Waals surface area (Å²) < 4.78 is 17.8. The fraction of sp³-hybridized carbons (Fsp3) is 0.333. The third-order valence-corrected chi connectivity index (χ3v) is 2.49. The first-order valence-electron chi connectivity index (χ1n) is 5.84. The number of ether oxygens (including phenoxy) is 1. The minimum atomic E-state index is -0.333. The highest BCUT2D eigenvalue weighted by Gasteiger charge is 2.05. The van der Waals surface area contributed by atoms with Crippen LogP contribution in [0.4, 0.5) is 10.3 Å². The van der Waals surface area contributed by atoms with Crippen molar-refractivity contribution in [1.82, 2.24) is 15.3 Å². The number of methoxy groups -OCH3 is 1. The predicted molar refractivity (Wildman–Crippen MR) is 69.4 cm³/mol. The van der Waals surface area contributed by atoms with Crippen molar-refractivity contribution in [1.29, 1.82) is 0 Å². The first-order chi connectivity index (χ1) is 9.19. The van der Waals surface area contributed by atoms with E-state index in [4.69, 9.17) is 4.74 Å². The number of hydrogen-bond acceptors (Lipinski definition) is 4. The summed E-state index contributed by atoms with van der Waals surface area (Å²) in [7, 11) is 1.57. The molecule has 6 nitrogen and oxygen atoms in total. The number of aromatic nitrogens is 2. The normalized spacial score (nSPS) is 10.6. The van der Waals surface area contributed by atoms with Crippen LogP contribution in [-0.2, 0) is 9.53 Å². The van der Waals surface area contributed by atoms with E-state index < -0.39 is 0 Å². The molecule has 0 aliphatic carbocycles. The first kappa shape index (κ1) is 13.3. The third kappa shape index (κ3) is 3.65. The van der Waals surface area contributed by atoms with Crippen molar-refractivity contribution < 1.29 is 13.9 Å². The van der Waals surface area contributed by atoms with Crippen LogP contribution in [0.25, 0.3) is 11.0 Å². The van der Waals surface area contributed by atoms with Crippen LogP contribution in [-0.4, -0.2) is 42.7 Å². The summed E-state index contributed by atoms with van der Waals surface area (Å²) in [5.41, 5.74) is 1.23. The van der Waals surface area contributed by atoms with Crippen LogP contribution in [0.2, 0.25) is 0 Å². The molecular formula is C12H15FN4O2. The lowest BCUT2D eigenvalue weighted by atomic mass is 10.3. The molecular weight excluding hydrogens is 251 g/mol. The topological polar surface area (TPSA) is 79.0 Å². The number of imidazole rings is 1. The Morgan fingerprint density at radius 3 is 3.16 bits per heavy atom. The predicted octanol–water partition coefficient (Wildman–Crippen LogP) is 0.876. The first-order valence-corrected chi connectivity index (χ1v) is 5.84. The minimum Gasteiger partial charge on any atom is -0.383 e. The molecule has 0 fully saturated rings. The molecule has 3 N–H and O–H groups in total. The molecule has 0 radical (unpaired) electrons. The van der Waals surface area contributed by atoms with Crippen LogP contribution >= 0.6 is 0 Å². The SMILES string of the molecule is COCCNC(=O)CNc1nc2ccc(F)cc2[nH]1. The van der Waals surface area contributed by atoms with E-state index in [1.807, 2.05) is 0 Å². The van der Waals surface area contributed by atoms with E-state index in [9.17, 15) is 9.18 Å². The Bertz CT molecular complexity index is 570. The summed E-state index contributed by atoms with van der Waals surface area (Å²) in [6.45, 7) is 1.02. The Morgan fingerprint density at radius 1 is 1.53 bits per heavy atom. The summed E-state index contributed by atoms with van der Waals surface area (Å²) in [5, 5.41) is 5.51. The van der Waals surface area contributed by atoms with Gasteiger partial charge in [0.2, 0.25) is 11.9 Å². The van der Waals surface area contributed by atoms with Gasteiger partial charge in [-0.3, -0.25) is 4.79 Å². The molecule has 102 valence electrons. The fourth-order valence-corrected chi connectivity index (χ4v) is 1.58. The summed E-state index contributed by atoms with van der Waals surface area (Å²) in [4.78, 5) is 18.5. The quantitative estimate of drug-likeness (QED) is 0.678. The maximum atomic E-state index is 13.0. The molecule has 1 aromatic heterocycles. The molecule has 19 heavy (non-hydrogen) atoms. The molecule has 0 bridgehead atoms. The van der Waals surface area contributed by atoms with E-state index in [2.05, 4.69) is 20.6 Å². The van der Waals surface area contributed by atoms with E-state index in [1.165, 1.54) is 12.1 Å². The molecule has 0 aliphatic rings. The number of anilines is 1. The van der Waals surface area contributed by atoms with Gasteiger partial charge in [0, 0.05) is 13.7 Å². The number of hydrogen-bond donors (Lipinski definition) is 3. The van der Waals surface area contributed by atoms with Crippen molar-refractivity contribution >= 4 is 22.9 Å². The lowest BCUT2D eigenvalue weighted by Crippen LogP contribution is -2.32. The Morgan fingerprint density at radius 2 is 2.37 bits per heavy atom. The zero-order chi connectivity index (χ0) is 13.7. The molecule has 0 atom stereocenters. The van der Waals surface area contributed by atoms with E-state index in [1.54, 1.807) is 13.2 Å². The molecule has 7 heteroatoms. The Balaban J connectivity index is 1.89. The van der Waals surface area contributed by atoms with Gasteiger partial charge in [-0.25, -0.2) is 9.37 Å². The molecule has 1 amide bonds. The number of aromatic amines is 1. The van der Waals surface area contributed by atoms with Gasteiger partial charge >= 0.3 is 0 Å². The minimum absolute atomic E-state index is 0.0893. The second-order valence-electron chi connectivity index (χ2n) is 3.94. The monoisotopic (exact) mass is 266 g/mol. The van der Waals surface area contributed by atoms with Gasteiger partial charge in [0.05, 0.1) is 24.2 Å². The average molecular weight is 266 g/mol. The highest BCUT2D eigenvalue weighted by Crippen LogP contribution is 2.14. The maximum Gasteiger partial charge on any atom is 0.239 e. The number of rotatable bonds is 6. The van der Waals surface area contributed by atoms with Gasteiger partial charge in [-0.05, 0) is 18.2 Å². The number of nitrogens with one attached hydrogen (secondary N) is 3. The van der Waals surface area contributed by atoms with Crippen LogP contribution in [0.5, 0.6) is 0 Å². The van der Waals surface area contributed by atoms with Gasteiger partial charge in [0.1, 0.15) is 5.82 Å². The summed E-state index contributed by atoms with van der Waals surface area (Å²) in [5.74, 6) is -0.0637. The van der Waals surface area contributed by atoms with Gasteiger partial charge in [0.25, 0.3) is 0 Å². The largest absolute Gasteiger partial charge is 0.383 e. The molecule has 0 unspecified atom stereocenters. The number of benzene rings is 1. The van der Waals surface area contributed by atoms with Crippen molar-refractivity contribution in [2.75, 3.05) is 32.1 Å². The van der Waals surface area contributed by atoms with Crippen LogP contribution < -0.4 is 10.6 Å². The van der Waals surface area contributed by atoms with Crippen LogP contribution in [0.15, 0.2) is 18.2 Å². The molecule has 0 aliphatic heterocycles. The zero-order valence-electron chi connectivity index (χ0n) is 10.5. The van der Waals surface area contributed by atoms with Gasteiger partial charge in [-0.15, -0.1) is 0 Å². The Kier molecular flexibility index (Phi) is 4.30.